The molecular weight excluding hydrogens is 529 g/mol. The molecule has 2 aromatic rings. The lowest BCUT2D eigenvalue weighted by atomic mass is 9.97. The second-order valence-corrected chi connectivity index (χ2v) is 9.08. The Kier molecular flexibility index (Phi) is 9.13. The zero-order chi connectivity index (χ0) is 22.5. The van der Waals surface area contributed by atoms with Gasteiger partial charge in [-0.15, -0.1) is 24.0 Å². The Morgan fingerprint density at radius 1 is 1.24 bits per heavy atom. The third-order valence-electron chi connectivity index (χ3n) is 6.65. The molecule has 0 radical (unpaired) electrons. The highest BCUT2D eigenvalue weighted by molar-refractivity contribution is 14.0. The molecule has 0 bridgehead atoms. The number of nitrogens with one attached hydrogen (secondary N) is 1. The Morgan fingerprint density at radius 3 is 2.79 bits per heavy atom. The lowest BCUT2D eigenvalue weighted by Gasteiger charge is -2.31. The molecule has 2 atom stereocenters. The highest BCUT2D eigenvalue weighted by atomic mass is 127. The number of hydrogen-bond acceptors (Lipinski definition) is 4. The second kappa shape index (κ2) is 11.8. The van der Waals surface area contributed by atoms with E-state index in [4.69, 9.17) is 5.73 Å². The first kappa shape index (κ1) is 25.5. The maximum absolute atomic E-state index is 11.6. The van der Waals surface area contributed by atoms with Crippen LogP contribution in [0, 0.1) is 5.92 Å². The molecule has 1 aromatic heterocycles. The zero-order valence-corrected chi connectivity index (χ0v) is 21.9. The first-order chi connectivity index (χ1) is 15.5. The van der Waals surface area contributed by atoms with E-state index in [1.165, 1.54) is 16.7 Å². The molecule has 3 heterocycles. The maximum Gasteiger partial charge on any atom is 0.221 e. The Labute approximate surface area is 213 Å². The minimum atomic E-state index is -0.174. The van der Waals surface area contributed by atoms with Gasteiger partial charge < -0.3 is 16.0 Å². The number of hydrogen-bond donors (Lipinski definition) is 2. The molecule has 3 N–H and O–H groups in total. The average molecular weight is 566 g/mol. The molecule has 9 heteroatoms. The predicted molar refractivity (Wildman–Crippen MR) is 141 cm³/mol. The predicted octanol–water partition coefficient (Wildman–Crippen LogP) is 2.30. The summed E-state index contributed by atoms with van der Waals surface area (Å²) in [6.45, 7) is 5.32. The van der Waals surface area contributed by atoms with E-state index in [1.807, 2.05) is 25.0 Å². The summed E-state index contributed by atoms with van der Waals surface area (Å²) in [6, 6.07) is 8.66. The maximum atomic E-state index is 11.6. The van der Waals surface area contributed by atoms with Gasteiger partial charge in [-0.25, -0.2) is 0 Å². The highest BCUT2D eigenvalue weighted by Crippen LogP contribution is 2.26. The van der Waals surface area contributed by atoms with Crippen molar-refractivity contribution < 1.29 is 4.79 Å². The Bertz CT molecular complexity index is 960. The van der Waals surface area contributed by atoms with Gasteiger partial charge in [-0.05, 0) is 42.5 Å². The minimum absolute atomic E-state index is 0. The van der Waals surface area contributed by atoms with Gasteiger partial charge in [-0.2, -0.15) is 5.10 Å². The van der Waals surface area contributed by atoms with Crippen LogP contribution in [-0.4, -0.2) is 64.7 Å². The standard InChI is InChI=1S/C24H35N7O.HI/c1-26-24(31-10-8-20(17-31)22-13-28-29(2)15-22)27-12-18-5-3-6-19(11-18)14-30-9-4-7-21(16-30)23(25)32;/h3,5-6,11,13,15,20-21H,4,7-10,12,14,16-17H2,1-2H3,(H2,25,32)(H,26,27);1H. The van der Waals surface area contributed by atoms with Gasteiger partial charge in [0, 0.05) is 58.9 Å². The summed E-state index contributed by atoms with van der Waals surface area (Å²) < 4.78 is 1.87. The highest BCUT2D eigenvalue weighted by Gasteiger charge is 2.27. The van der Waals surface area contributed by atoms with Crippen LogP contribution in [0.5, 0.6) is 0 Å². The molecule has 180 valence electrons. The number of aromatic nitrogens is 2. The molecule has 2 fully saturated rings. The second-order valence-electron chi connectivity index (χ2n) is 9.08. The van der Waals surface area contributed by atoms with Crippen LogP contribution in [0.15, 0.2) is 41.7 Å². The summed E-state index contributed by atoms with van der Waals surface area (Å²) in [7, 11) is 3.81. The number of aryl methyl sites for hydroxylation is 1. The number of amides is 1. The van der Waals surface area contributed by atoms with Gasteiger partial charge >= 0.3 is 0 Å². The topological polar surface area (TPSA) is 91.8 Å². The van der Waals surface area contributed by atoms with E-state index in [0.717, 1.165) is 64.5 Å². The molecule has 1 amide bonds. The minimum Gasteiger partial charge on any atom is -0.369 e. The zero-order valence-electron chi connectivity index (χ0n) is 19.6. The SMILES string of the molecule is CN=C(NCc1cccc(CN2CCCC(C(N)=O)C2)c1)N1CCC(c2cnn(C)c2)C1.I. The lowest BCUT2D eigenvalue weighted by Crippen LogP contribution is -2.40. The third-order valence-corrected chi connectivity index (χ3v) is 6.65. The van der Waals surface area contributed by atoms with Gasteiger partial charge in [0.05, 0.1) is 12.1 Å². The van der Waals surface area contributed by atoms with Gasteiger partial charge in [0.1, 0.15) is 0 Å². The fourth-order valence-corrected chi connectivity index (χ4v) is 4.92. The molecule has 2 saturated heterocycles. The van der Waals surface area contributed by atoms with Gasteiger partial charge in [-0.1, -0.05) is 24.3 Å². The summed E-state index contributed by atoms with van der Waals surface area (Å²) in [4.78, 5) is 20.8. The van der Waals surface area contributed by atoms with Crippen LogP contribution in [0.3, 0.4) is 0 Å². The number of aliphatic imine (C=N–C) groups is 1. The fraction of sp³-hybridized carbons (Fsp3) is 0.542. The Hall–Kier alpha value is -2.14. The van der Waals surface area contributed by atoms with Crippen LogP contribution in [0.2, 0.25) is 0 Å². The number of primary amides is 1. The first-order valence-electron chi connectivity index (χ1n) is 11.6. The van der Waals surface area contributed by atoms with Crippen molar-refractivity contribution in [1.82, 2.24) is 24.9 Å². The van der Waals surface area contributed by atoms with Gasteiger partial charge in [0.2, 0.25) is 5.91 Å². The average Bonchev–Trinajstić information content (AvgIpc) is 3.44. The number of rotatable bonds is 6. The lowest BCUT2D eigenvalue weighted by molar-refractivity contribution is -0.123. The molecule has 2 aliphatic rings. The van der Waals surface area contributed by atoms with E-state index in [2.05, 4.69) is 55.7 Å². The van der Waals surface area contributed by atoms with Crippen molar-refractivity contribution in [3.05, 3.63) is 53.3 Å². The molecule has 0 aliphatic carbocycles. The van der Waals surface area contributed by atoms with Gasteiger partial charge in [0.25, 0.3) is 0 Å². The largest absolute Gasteiger partial charge is 0.369 e. The van der Waals surface area contributed by atoms with E-state index >= 15 is 0 Å². The molecule has 2 aliphatic heterocycles. The number of likely N-dealkylation sites (tertiary alicyclic amines) is 2. The summed E-state index contributed by atoms with van der Waals surface area (Å²) in [5, 5.41) is 7.85. The summed E-state index contributed by atoms with van der Waals surface area (Å²) >= 11 is 0. The molecule has 8 nitrogen and oxygen atoms in total. The molecule has 33 heavy (non-hydrogen) atoms. The van der Waals surface area contributed by atoms with Crippen molar-refractivity contribution in [3.63, 3.8) is 0 Å². The number of nitrogens with zero attached hydrogens (tertiary/aromatic N) is 5. The third kappa shape index (κ3) is 6.69. The van der Waals surface area contributed by atoms with Crippen molar-refractivity contribution in [1.29, 1.82) is 0 Å². The van der Waals surface area contributed by atoms with Crippen molar-refractivity contribution in [2.45, 2.75) is 38.3 Å². The molecule has 4 rings (SSSR count). The van der Waals surface area contributed by atoms with E-state index in [-0.39, 0.29) is 35.8 Å². The smallest absolute Gasteiger partial charge is 0.221 e. The van der Waals surface area contributed by atoms with Crippen LogP contribution in [-0.2, 0) is 24.9 Å². The molecule has 1 aromatic carbocycles. The molecule has 0 saturated carbocycles. The van der Waals surface area contributed by atoms with Gasteiger partial charge in [-0.3, -0.25) is 19.4 Å². The summed E-state index contributed by atoms with van der Waals surface area (Å²) in [5.74, 6) is 1.25. The van der Waals surface area contributed by atoms with Crippen LogP contribution >= 0.6 is 24.0 Å². The van der Waals surface area contributed by atoms with E-state index in [9.17, 15) is 4.79 Å². The molecule has 2 unspecified atom stereocenters. The number of carbonyl (C=O) groups is 1. The Morgan fingerprint density at radius 2 is 2.06 bits per heavy atom. The summed E-state index contributed by atoms with van der Waals surface area (Å²) in [6.07, 6.45) is 7.14. The normalized spacial score (nSPS) is 21.6. The number of carbonyl (C=O) groups excluding carboxylic acids is 1. The van der Waals surface area contributed by atoms with Crippen LogP contribution in [0.1, 0.15) is 41.9 Å². The monoisotopic (exact) mass is 565 g/mol. The van der Waals surface area contributed by atoms with Gasteiger partial charge in [0.15, 0.2) is 5.96 Å². The van der Waals surface area contributed by atoms with Crippen LogP contribution in [0.25, 0.3) is 0 Å². The first-order valence-corrected chi connectivity index (χ1v) is 11.6. The van der Waals surface area contributed by atoms with Crippen molar-refractivity contribution in [3.8, 4) is 0 Å². The number of nitrogens with two attached hydrogens (primary N) is 1. The van der Waals surface area contributed by atoms with Crippen molar-refractivity contribution in [2.24, 2.45) is 23.7 Å². The van der Waals surface area contributed by atoms with Crippen molar-refractivity contribution >= 4 is 35.8 Å². The number of piperidine rings is 1. The molecule has 0 spiro atoms. The van der Waals surface area contributed by atoms with E-state index in [0.29, 0.717) is 5.92 Å². The van der Waals surface area contributed by atoms with Crippen LogP contribution in [0.4, 0.5) is 0 Å². The van der Waals surface area contributed by atoms with Crippen molar-refractivity contribution in [2.75, 3.05) is 33.2 Å². The number of guanidine groups is 1. The number of benzene rings is 1. The fourth-order valence-electron chi connectivity index (χ4n) is 4.92. The quantitative estimate of drug-likeness (QED) is 0.319. The van der Waals surface area contributed by atoms with E-state index < -0.39 is 0 Å². The number of halogens is 1. The Balaban J connectivity index is 0.00000306. The molecular formula is C24H36IN7O. The van der Waals surface area contributed by atoms with E-state index in [1.54, 1.807) is 0 Å². The van der Waals surface area contributed by atoms with Crippen LogP contribution < -0.4 is 11.1 Å². The summed E-state index contributed by atoms with van der Waals surface area (Å²) in [5.41, 5.74) is 9.33.